The van der Waals surface area contributed by atoms with Gasteiger partial charge in [0, 0.05) is 6.04 Å². The molecular formula is C16H24N2O3S. The summed E-state index contributed by atoms with van der Waals surface area (Å²) in [5.74, 6) is -0.211. The van der Waals surface area contributed by atoms with Crippen molar-refractivity contribution in [3.63, 3.8) is 0 Å². The summed E-state index contributed by atoms with van der Waals surface area (Å²) in [6.45, 7) is 0. The molecule has 0 aromatic heterocycles. The van der Waals surface area contributed by atoms with Gasteiger partial charge in [0.25, 0.3) is 5.91 Å². The first-order valence-electron chi connectivity index (χ1n) is 7.83. The van der Waals surface area contributed by atoms with Gasteiger partial charge in [-0.3, -0.25) is 9.52 Å². The summed E-state index contributed by atoms with van der Waals surface area (Å²) in [7, 11) is -3.41. The molecule has 1 saturated carbocycles. The number of carbonyl (C=O) groups is 1. The summed E-state index contributed by atoms with van der Waals surface area (Å²) in [5, 5.41) is 3.06. The molecule has 0 radical (unpaired) electrons. The first kappa shape index (κ1) is 16.8. The van der Waals surface area contributed by atoms with Gasteiger partial charge in [-0.15, -0.1) is 0 Å². The molecule has 1 aromatic carbocycles. The van der Waals surface area contributed by atoms with Gasteiger partial charge in [0.2, 0.25) is 10.0 Å². The zero-order chi connectivity index (χ0) is 16.0. The smallest absolute Gasteiger partial charge is 0.253 e. The van der Waals surface area contributed by atoms with Crippen molar-refractivity contribution in [3.05, 3.63) is 29.8 Å². The minimum absolute atomic E-state index is 0.180. The highest BCUT2D eigenvalue weighted by molar-refractivity contribution is 7.92. The third-order valence-electron chi connectivity index (χ3n) is 3.91. The Labute approximate surface area is 132 Å². The average molecular weight is 324 g/mol. The predicted octanol–water partition coefficient (Wildman–Crippen LogP) is 2.90. The van der Waals surface area contributed by atoms with Crippen molar-refractivity contribution in [2.45, 2.75) is 51.0 Å². The molecule has 5 nitrogen and oxygen atoms in total. The van der Waals surface area contributed by atoms with Gasteiger partial charge in [0.1, 0.15) is 0 Å². The zero-order valence-corrected chi connectivity index (χ0v) is 13.8. The number of anilines is 1. The molecular weight excluding hydrogens is 300 g/mol. The zero-order valence-electron chi connectivity index (χ0n) is 13.0. The molecule has 0 saturated heterocycles. The second-order valence-electron chi connectivity index (χ2n) is 5.94. The van der Waals surface area contributed by atoms with Crippen molar-refractivity contribution >= 4 is 21.6 Å². The van der Waals surface area contributed by atoms with Gasteiger partial charge in [0.15, 0.2) is 0 Å². The normalized spacial score (nSPS) is 17.3. The maximum Gasteiger partial charge on any atom is 0.253 e. The van der Waals surface area contributed by atoms with Crippen LogP contribution in [-0.2, 0) is 10.0 Å². The molecule has 1 aliphatic rings. The number of carbonyl (C=O) groups excluding carboxylic acids is 1. The molecule has 1 aromatic rings. The van der Waals surface area contributed by atoms with Crippen molar-refractivity contribution in [1.29, 1.82) is 0 Å². The highest BCUT2D eigenvalue weighted by Gasteiger charge is 2.18. The minimum Gasteiger partial charge on any atom is -0.349 e. The van der Waals surface area contributed by atoms with Crippen LogP contribution in [0, 0.1) is 0 Å². The van der Waals surface area contributed by atoms with Crippen LogP contribution in [0.25, 0.3) is 0 Å². The third-order valence-corrected chi connectivity index (χ3v) is 4.50. The van der Waals surface area contributed by atoms with Crippen molar-refractivity contribution in [2.24, 2.45) is 0 Å². The number of sulfonamides is 1. The number of rotatable bonds is 4. The molecule has 0 aliphatic heterocycles. The van der Waals surface area contributed by atoms with E-state index < -0.39 is 10.0 Å². The van der Waals surface area contributed by atoms with E-state index in [-0.39, 0.29) is 11.9 Å². The number of hydrogen-bond donors (Lipinski definition) is 2. The fourth-order valence-corrected chi connectivity index (χ4v) is 3.41. The standard InChI is InChI=1S/C16H24N2O3S/c1-22(20,21)18-15-12-8-7-11-14(15)16(19)17-13-9-5-3-2-4-6-10-13/h7-8,11-13,18H,2-6,9-10H2,1H3,(H,17,19). The minimum atomic E-state index is -3.41. The fraction of sp³-hybridized carbons (Fsp3) is 0.562. The number of nitrogens with one attached hydrogen (secondary N) is 2. The predicted molar refractivity (Wildman–Crippen MR) is 88.5 cm³/mol. The summed E-state index contributed by atoms with van der Waals surface area (Å²) in [5.41, 5.74) is 0.698. The maximum absolute atomic E-state index is 12.5. The Morgan fingerprint density at radius 1 is 1.05 bits per heavy atom. The molecule has 1 amide bonds. The van der Waals surface area contributed by atoms with Crippen LogP contribution < -0.4 is 10.0 Å². The molecule has 6 heteroatoms. The van der Waals surface area contributed by atoms with E-state index in [0.29, 0.717) is 11.3 Å². The second-order valence-corrected chi connectivity index (χ2v) is 7.68. The average Bonchev–Trinajstić information content (AvgIpc) is 2.40. The van der Waals surface area contributed by atoms with Gasteiger partial charge in [-0.05, 0) is 25.0 Å². The largest absolute Gasteiger partial charge is 0.349 e. The van der Waals surface area contributed by atoms with E-state index in [0.717, 1.165) is 31.9 Å². The molecule has 122 valence electrons. The molecule has 0 atom stereocenters. The molecule has 0 bridgehead atoms. The lowest BCUT2D eigenvalue weighted by atomic mass is 9.96. The molecule has 2 rings (SSSR count). The topological polar surface area (TPSA) is 75.3 Å². The van der Waals surface area contributed by atoms with Crippen LogP contribution in [0.15, 0.2) is 24.3 Å². The number of hydrogen-bond acceptors (Lipinski definition) is 3. The molecule has 1 fully saturated rings. The van der Waals surface area contributed by atoms with Gasteiger partial charge in [-0.2, -0.15) is 0 Å². The highest BCUT2D eigenvalue weighted by atomic mass is 32.2. The van der Waals surface area contributed by atoms with E-state index in [4.69, 9.17) is 0 Å². The van der Waals surface area contributed by atoms with Crippen LogP contribution >= 0.6 is 0 Å². The van der Waals surface area contributed by atoms with E-state index in [1.165, 1.54) is 19.3 Å². The van der Waals surface area contributed by atoms with Crippen LogP contribution in [0.5, 0.6) is 0 Å². The van der Waals surface area contributed by atoms with E-state index >= 15 is 0 Å². The first-order chi connectivity index (χ1) is 10.5. The number of benzene rings is 1. The lowest BCUT2D eigenvalue weighted by Gasteiger charge is -2.21. The van der Waals surface area contributed by atoms with Crippen molar-refractivity contribution in [3.8, 4) is 0 Å². The molecule has 0 unspecified atom stereocenters. The SMILES string of the molecule is CS(=O)(=O)Nc1ccccc1C(=O)NC1CCCCCCC1. The van der Waals surface area contributed by atoms with Crippen molar-refractivity contribution in [2.75, 3.05) is 11.0 Å². The summed E-state index contributed by atoms with van der Waals surface area (Å²) >= 11 is 0. The Morgan fingerprint density at radius 3 is 2.27 bits per heavy atom. The first-order valence-corrected chi connectivity index (χ1v) is 9.72. The van der Waals surface area contributed by atoms with Gasteiger partial charge in [0.05, 0.1) is 17.5 Å². The van der Waals surface area contributed by atoms with Gasteiger partial charge in [-0.25, -0.2) is 8.42 Å². The lowest BCUT2D eigenvalue weighted by Crippen LogP contribution is -2.35. The van der Waals surface area contributed by atoms with Crippen LogP contribution in [0.4, 0.5) is 5.69 Å². The van der Waals surface area contributed by atoms with Crippen molar-refractivity contribution < 1.29 is 13.2 Å². The third kappa shape index (κ3) is 5.33. The van der Waals surface area contributed by atoms with E-state index in [1.54, 1.807) is 24.3 Å². The molecule has 22 heavy (non-hydrogen) atoms. The van der Waals surface area contributed by atoms with Gasteiger partial charge >= 0.3 is 0 Å². The summed E-state index contributed by atoms with van der Waals surface area (Å²) < 4.78 is 25.2. The molecule has 1 aliphatic carbocycles. The van der Waals surface area contributed by atoms with E-state index in [2.05, 4.69) is 10.0 Å². The summed E-state index contributed by atoms with van der Waals surface area (Å²) in [6.07, 6.45) is 9.05. The van der Waals surface area contributed by atoms with Gasteiger partial charge < -0.3 is 5.32 Å². The second kappa shape index (κ2) is 7.63. The molecule has 2 N–H and O–H groups in total. The lowest BCUT2D eigenvalue weighted by molar-refractivity contribution is 0.0931. The van der Waals surface area contributed by atoms with Crippen LogP contribution in [0.2, 0.25) is 0 Å². The number of amides is 1. The summed E-state index contributed by atoms with van der Waals surface area (Å²) in [4.78, 5) is 12.5. The monoisotopic (exact) mass is 324 g/mol. The Kier molecular flexibility index (Phi) is 5.83. The highest BCUT2D eigenvalue weighted by Crippen LogP contribution is 2.20. The molecule has 0 spiro atoms. The van der Waals surface area contributed by atoms with Crippen LogP contribution in [0.1, 0.15) is 55.3 Å². The van der Waals surface area contributed by atoms with Crippen molar-refractivity contribution in [1.82, 2.24) is 5.32 Å². The van der Waals surface area contributed by atoms with E-state index in [9.17, 15) is 13.2 Å². The maximum atomic E-state index is 12.5. The summed E-state index contributed by atoms with van der Waals surface area (Å²) in [6, 6.07) is 6.87. The Morgan fingerprint density at radius 2 is 1.64 bits per heavy atom. The van der Waals surface area contributed by atoms with Crippen LogP contribution in [0.3, 0.4) is 0 Å². The van der Waals surface area contributed by atoms with Crippen LogP contribution in [-0.4, -0.2) is 26.6 Å². The number of para-hydroxylation sites is 1. The fourth-order valence-electron chi connectivity index (χ4n) is 2.83. The Hall–Kier alpha value is -1.56. The quantitative estimate of drug-likeness (QED) is 0.894. The van der Waals surface area contributed by atoms with E-state index in [1.807, 2.05) is 0 Å². The van der Waals surface area contributed by atoms with Gasteiger partial charge in [-0.1, -0.05) is 44.2 Å². The Bertz CT molecular complexity index is 606. The molecule has 0 heterocycles. The Balaban J connectivity index is 2.08.